The van der Waals surface area contributed by atoms with Crippen molar-refractivity contribution in [1.82, 2.24) is 14.9 Å². The molecule has 1 N–H and O–H groups in total. The average Bonchev–Trinajstić information content (AvgIpc) is 2.52. The summed E-state index contributed by atoms with van der Waals surface area (Å²) in [5, 5.41) is 3.26. The number of nitrogens with zero attached hydrogens (tertiary/aromatic N) is 2. The maximum absolute atomic E-state index is 5.12. The van der Waals surface area contributed by atoms with E-state index in [4.69, 9.17) is 6.42 Å². The Labute approximate surface area is 79.2 Å². The predicted octanol–water partition coefficient (Wildman–Crippen LogP) is 0.575. The van der Waals surface area contributed by atoms with Gasteiger partial charge in [0, 0.05) is 45.4 Å². The molecule has 1 aromatic heterocycles. The molecule has 0 aromatic carbocycles. The zero-order chi connectivity index (χ0) is 9.52. The van der Waals surface area contributed by atoms with Crippen LogP contribution in [-0.2, 0) is 13.5 Å². The molecular weight excluding hydrogens is 162 g/mol. The number of nitrogens with one attached hydrogen (secondary N) is 1. The van der Waals surface area contributed by atoms with E-state index in [0.717, 1.165) is 31.8 Å². The minimum Gasteiger partial charge on any atom is -0.338 e. The van der Waals surface area contributed by atoms with Crippen molar-refractivity contribution in [3.05, 3.63) is 18.2 Å². The van der Waals surface area contributed by atoms with Crippen molar-refractivity contribution in [2.45, 2.75) is 12.8 Å². The van der Waals surface area contributed by atoms with Crippen LogP contribution in [0.3, 0.4) is 0 Å². The Morgan fingerprint density at radius 3 is 3.08 bits per heavy atom. The Hall–Kier alpha value is -1.27. The van der Waals surface area contributed by atoms with Crippen LogP contribution in [0.25, 0.3) is 0 Å². The zero-order valence-corrected chi connectivity index (χ0v) is 7.95. The fourth-order valence-electron chi connectivity index (χ4n) is 1.12. The molecule has 1 heterocycles. The van der Waals surface area contributed by atoms with Gasteiger partial charge in [-0.15, -0.1) is 12.3 Å². The minimum absolute atomic E-state index is 0.792. The fraction of sp³-hybridized carbons (Fsp3) is 0.500. The summed E-state index contributed by atoms with van der Waals surface area (Å²) in [4.78, 5) is 4.22. The smallest absolute Gasteiger partial charge is 0.109 e. The first-order valence-electron chi connectivity index (χ1n) is 4.45. The highest BCUT2D eigenvalue weighted by Gasteiger charge is 1.96. The Bertz CT molecular complexity index is 283. The van der Waals surface area contributed by atoms with Crippen LogP contribution in [0, 0.1) is 12.3 Å². The standard InChI is InChI=1S/C10H15N3/c1-3-4-6-11-7-5-10-12-8-9-13(10)2/h1,8-9,11H,4-7H2,2H3. The van der Waals surface area contributed by atoms with Crippen LogP contribution in [0.1, 0.15) is 12.2 Å². The molecule has 0 bridgehead atoms. The Morgan fingerprint density at radius 2 is 2.46 bits per heavy atom. The van der Waals surface area contributed by atoms with Crippen molar-refractivity contribution >= 4 is 0 Å². The SMILES string of the molecule is C#CCCNCCc1nccn1C. The maximum Gasteiger partial charge on any atom is 0.109 e. The highest BCUT2D eigenvalue weighted by molar-refractivity contribution is 4.91. The van der Waals surface area contributed by atoms with Crippen LogP contribution in [0.5, 0.6) is 0 Å². The molecule has 0 fully saturated rings. The molecule has 0 saturated heterocycles. The van der Waals surface area contributed by atoms with Gasteiger partial charge < -0.3 is 9.88 Å². The fourth-order valence-corrected chi connectivity index (χ4v) is 1.12. The molecule has 13 heavy (non-hydrogen) atoms. The van der Waals surface area contributed by atoms with Crippen molar-refractivity contribution in [1.29, 1.82) is 0 Å². The third-order valence-corrected chi connectivity index (χ3v) is 1.89. The largest absolute Gasteiger partial charge is 0.338 e. The van der Waals surface area contributed by atoms with Gasteiger partial charge in [-0.1, -0.05) is 0 Å². The van der Waals surface area contributed by atoms with Gasteiger partial charge in [-0.05, 0) is 0 Å². The lowest BCUT2D eigenvalue weighted by Crippen LogP contribution is -2.19. The van der Waals surface area contributed by atoms with Gasteiger partial charge in [0.15, 0.2) is 0 Å². The summed E-state index contributed by atoms with van der Waals surface area (Å²) in [6.45, 7) is 1.83. The van der Waals surface area contributed by atoms with E-state index in [2.05, 4.69) is 16.2 Å². The molecule has 70 valence electrons. The summed E-state index contributed by atoms with van der Waals surface area (Å²) >= 11 is 0. The second-order valence-corrected chi connectivity index (χ2v) is 2.91. The number of aromatic nitrogens is 2. The first kappa shape index (κ1) is 9.82. The number of imidazole rings is 1. The molecule has 1 rings (SSSR count). The van der Waals surface area contributed by atoms with E-state index in [-0.39, 0.29) is 0 Å². The number of terminal acetylenes is 1. The lowest BCUT2D eigenvalue weighted by atomic mass is 10.4. The minimum atomic E-state index is 0.792. The third kappa shape index (κ3) is 3.30. The molecule has 0 unspecified atom stereocenters. The Morgan fingerprint density at radius 1 is 1.62 bits per heavy atom. The monoisotopic (exact) mass is 177 g/mol. The number of aryl methyl sites for hydroxylation is 1. The van der Waals surface area contributed by atoms with Crippen LogP contribution in [0.4, 0.5) is 0 Å². The van der Waals surface area contributed by atoms with E-state index in [1.165, 1.54) is 0 Å². The van der Waals surface area contributed by atoms with Gasteiger partial charge in [0.1, 0.15) is 5.82 Å². The Balaban J connectivity index is 2.14. The van der Waals surface area contributed by atoms with Gasteiger partial charge in [0.05, 0.1) is 0 Å². The van der Waals surface area contributed by atoms with Gasteiger partial charge in [-0.3, -0.25) is 0 Å². The average molecular weight is 177 g/mol. The molecule has 0 atom stereocenters. The molecule has 0 aliphatic carbocycles. The van der Waals surface area contributed by atoms with E-state index in [1.54, 1.807) is 0 Å². The van der Waals surface area contributed by atoms with Crippen molar-refractivity contribution < 1.29 is 0 Å². The summed E-state index contributed by atoms with van der Waals surface area (Å²) in [6, 6.07) is 0. The van der Waals surface area contributed by atoms with Crippen LogP contribution < -0.4 is 5.32 Å². The van der Waals surface area contributed by atoms with Crippen molar-refractivity contribution in [2.75, 3.05) is 13.1 Å². The number of rotatable bonds is 5. The molecule has 0 radical (unpaired) electrons. The highest BCUT2D eigenvalue weighted by Crippen LogP contribution is 1.93. The summed E-state index contributed by atoms with van der Waals surface area (Å²) in [5.41, 5.74) is 0. The first-order valence-corrected chi connectivity index (χ1v) is 4.45. The van der Waals surface area contributed by atoms with Crippen LogP contribution >= 0.6 is 0 Å². The van der Waals surface area contributed by atoms with Crippen molar-refractivity contribution in [3.63, 3.8) is 0 Å². The zero-order valence-electron chi connectivity index (χ0n) is 7.95. The summed E-state index contributed by atoms with van der Waals surface area (Å²) in [5.74, 6) is 3.69. The lowest BCUT2D eigenvalue weighted by molar-refractivity contribution is 0.661. The second kappa shape index (κ2) is 5.39. The molecule has 0 spiro atoms. The summed E-state index contributed by atoms with van der Waals surface area (Å²) < 4.78 is 2.03. The summed E-state index contributed by atoms with van der Waals surface area (Å²) in [7, 11) is 2.00. The van der Waals surface area contributed by atoms with Crippen LogP contribution in [0.15, 0.2) is 12.4 Å². The molecule has 3 nitrogen and oxygen atoms in total. The predicted molar refractivity (Wildman–Crippen MR) is 53.2 cm³/mol. The summed E-state index contributed by atoms with van der Waals surface area (Å²) in [6.07, 6.45) is 10.6. The van der Waals surface area contributed by atoms with Crippen molar-refractivity contribution in [3.8, 4) is 12.3 Å². The first-order chi connectivity index (χ1) is 6.34. The van der Waals surface area contributed by atoms with Crippen LogP contribution in [0.2, 0.25) is 0 Å². The van der Waals surface area contributed by atoms with E-state index in [0.29, 0.717) is 0 Å². The molecular formula is C10H15N3. The van der Waals surface area contributed by atoms with Gasteiger partial charge in [0.25, 0.3) is 0 Å². The molecule has 1 aromatic rings. The lowest BCUT2D eigenvalue weighted by Gasteiger charge is -2.02. The molecule has 0 saturated carbocycles. The Kier molecular flexibility index (Phi) is 4.07. The maximum atomic E-state index is 5.12. The molecule has 3 heteroatoms. The van der Waals surface area contributed by atoms with E-state index in [9.17, 15) is 0 Å². The van der Waals surface area contributed by atoms with Gasteiger partial charge in [0.2, 0.25) is 0 Å². The van der Waals surface area contributed by atoms with E-state index < -0.39 is 0 Å². The second-order valence-electron chi connectivity index (χ2n) is 2.91. The van der Waals surface area contributed by atoms with Gasteiger partial charge in [-0.2, -0.15) is 0 Å². The van der Waals surface area contributed by atoms with Gasteiger partial charge in [-0.25, -0.2) is 4.98 Å². The quantitative estimate of drug-likeness (QED) is 0.526. The molecule has 0 aliphatic heterocycles. The van der Waals surface area contributed by atoms with Crippen LogP contribution in [-0.4, -0.2) is 22.6 Å². The molecule has 0 amide bonds. The van der Waals surface area contributed by atoms with E-state index in [1.807, 2.05) is 24.0 Å². The molecule has 0 aliphatic rings. The number of hydrogen-bond acceptors (Lipinski definition) is 2. The highest BCUT2D eigenvalue weighted by atomic mass is 15.0. The van der Waals surface area contributed by atoms with Gasteiger partial charge >= 0.3 is 0 Å². The van der Waals surface area contributed by atoms with E-state index >= 15 is 0 Å². The van der Waals surface area contributed by atoms with Crippen molar-refractivity contribution in [2.24, 2.45) is 7.05 Å². The topological polar surface area (TPSA) is 29.9 Å². The third-order valence-electron chi connectivity index (χ3n) is 1.89. The number of hydrogen-bond donors (Lipinski definition) is 1. The normalized spacial score (nSPS) is 9.85.